The molecule has 5 heteroatoms. The third-order valence-corrected chi connectivity index (χ3v) is 4.01. The summed E-state index contributed by atoms with van der Waals surface area (Å²) in [6, 6.07) is 1.80. The Labute approximate surface area is 105 Å². The van der Waals surface area contributed by atoms with E-state index in [4.69, 9.17) is 0 Å². The first-order valence-electron chi connectivity index (χ1n) is 5.92. The van der Waals surface area contributed by atoms with E-state index < -0.39 is 5.54 Å². The quantitative estimate of drug-likeness (QED) is 0.768. The van der Waals surface area contributed by atoms with Gasteiger partial charge in [0, 0.05) is 6.54 Å². The Kier molecular flexibility index (Phi) is 4.02. The van der Waals surface area contributed by atoms with Gasteiger partial charge >= 0.3 is 6.03 Å². The SMILES string of the molecule is O=C(NCc1ccsc1)NC1(CO)CCCC1. The molecular formula is C12H18N2O2S. The molecule has 4 nitrogen and oxygen atoms in total. The van der Waals surface area contributed by atoms with Crippen molar-refractivity contribution in [2.24, 2.45) is 0 Å². The van der Waals surface area contributed by atoms with E-state index in [0.717, 1.165) is 31.2 Å². The predicted octanol–water partition coefficient (Wildman–Crippen LogP) is 1.85. The van der Waals surface area contributed by atoms with Crippen molar-refractivity contribution in [1.82, 2.24) is 10.6 Å². The highest BCUT2D eigenvalue weighted by molar-refractivity contribution is 7.07. The number of nitrogens with one attached hydrogen (secondary N) is 2. The van der Waals surface area contributed by atoms with E-state index in [0.29, 0.717) is 6.54 Å². The Bertz CT molecular complexity index is 359. The van der Waals surface area contributed by atoms with Gasteiger partial charge in [-0.25, -0.2) is 4.79 Å². The highest BCUT2D eigenvalue weighted by atomic mass is 32.1. The molecule has 1 aromatic rings. The molecular weight excluding hydrogens is 236 g/mol. The summed E-state index contributed by atoms with van der Waals surface area (Å²) >= 11 is 1.62. The Hall–Kier alpha value is -1.07. The number of rotatable bonds is 4. The summed E-state index contributed by atoms with van der Waals surface area (Å²) in [4.78, 5) is 11.7. The molecule has 3 N–H and O–H groups in total. The van der Waals surface area contributed by atoms with E-state index in [1.165, 1.54) is 0 Å². The number of aliphatic hydroxyl groups is 1. The molecule has 1 fully saturated rings. The lowest BCUT2D eigenvalue weighted by atomic mass is 9.99. The molecule has 0 radical (unpaired) electrons. The molecule has 1 aliphatic rings. The van der Waals surface area contributed by atoms with Crippen molar-refractivity contribution >= 4 is 17.4 Å². The summed E-state index contributed by atoms with van der Waals surface area (Å²) in [5.41, 5.74) is 0.716. The van der Waals surface area contributed by atoms with E-state index in [1.807, 2.05) is 16.8 Å². The second kappa shape index (κ2) is 5.51. The Balaban J connectivity index is 1.80. The van der Waals surface area contributed by atoms with Gasteiger partial charge in [0.05, 0.1) is 12.1 Å². The number of hydrogen-bond acceptors (Lipinski definition) is 3. The fourth-order valence-corrected chi connectivity index (χ4v) is 2.90. The van der Waals surface area contributed by atoms with Crippen LogP contribution in [0.3, 0.4) is 0 Å². The van der Waals surface area contributed by atoms with Crippen LogP contribution in [0, 0.1) is 0 Å². The molecule has 0 bridgehead atoms. The largest absolute Gasteiger partial charge is 0.394 e. The van der Waals surface area contributed by atoms with Crippen molar-refractivity contribution in [3.8, 4) is 0 Å². The van der Waals surface area contributed by atoms with E-state index in [9.17, 15) is 9.90 Å². The van der Waals surface area contributed by atoms with Crippen LogP contribution in [0.4, 0.5) is 4.79 Å². The molecule has 0 aromatic carbocycles. The maximum atomic E-state index is 11.7. The zero-order valence-corrected chi connectivity index (χ0v) is 10.6. The molecule has 0 atom stereocenters. The van der Waals surface area contributed by atoms with Gasteiger partial charge in [-0.3, -0.25) is 0 Å². The number of hydrogen-bond donors (Lipinski definition) is 3. The summed E-state index contributed by atoms with van der Waals surface area (Å²) in [5.74, 6) is 0. The smallest absolute Gasteiger partial charge is 0.315 e. The first-order chi connectivity index (χ1) is 8.24. The molecule has 1 saturated carbocycles. The maximum absolute atomic E-state index is 11.7. The van der Waals surface area contributed by atoms with Crippen molar-refractivity contribution in [1.29, 1.82) is 0 Å². The van der Waals surface area contributed by atoms with Gasteiger partial charge < -0.3 is 15.7 Å². The molecule has 2 amide bonds. The van der Waals surface area contributed by atoms with Gasteiger partial charge in [-0.1, -0.05) is 12.8 Å². The minimum Gasteiger partial charge on any atom is -0.394 e. The second-order valence-corrected chi connectivity index (χ2v) is 5.36. The standard InChI is InChI=1S/C12H18N2O2S/c15-9-12(4-1-2-5-12)14-11(16)13-7-10-3-6-17-8-10/h3,6,8,15H,1-2,4-5,7,9H2,(H2,13,14,16). The third kappa shape index (κ3) is 3.20. The monoisotopic (exact) mass is 254 g/mol. The molecule has 0 saturated heterocycles. The molecule has 1 aromatic heterocycles. The van der Waals surface area contributed by atoms with Crippen LogP contribution in [0.2, 0.25) is 0 Å². The second-order valence-electron chi connectivity index (χ2n) is 4.58. The van der Waals surface area contributed by atoms with Gasteiger partial charge in [-0.2, -0.15) is 11.3 Å². The maximum Gasteiger partial charge on any atom is 0.315 e. The van der Waals surface area contributed by atoms with E-state index in [-0.39, 0.29) is 12.6 Å². The summed E-state index contributed by atoms with van der Waals surface area (Å²) in [7, 11) is 0. The number of carbonyl (C=O) groups is 1. The predicted molar refractivity (Wildman–Crippen MR) is 68.0 cm³/mol. The van der Waals surface area contributed by atoms with Crippen molar-refractivity contribution < 1.29 is 9.90 Å². The van der Waals surface area contributed by atoms with Crippen molar-refractivity contribution in [3.05, 3.63) is 22.4 Å². The van der Waals surface area contributed by atoms with Crippen molar-refractivity contribution in [2.75, 3.05) is 6.61 Å². The van der Waals surface area contributed by atoms with Crippen LogP contribution >= 0.6 is 11.3 Å². The lowest BCUT2D eigenvalue weighted by molar-refractivity contribution is 0.163. The number of carbonyl (C=O) groups excluding carboxylic acids is 1. The zero-order valence-electron chi connectivity index (χ0n) is 9.74. The van der Waals surface area contributed by atoms with Gasteiger partial charge in [0.15, 0.2) is 0 Å². The molecule has 94 valence electrons. The summed E-state index contributed by atoms with van der Waals surface area (Å²) in [6.07, 6.45) is 3.89. The first-order valence-corrected chi connectivity index (χ1v) is 6.86. The molecule has 0 spiro atoms. The lowest BCUT2D eigenvalue weighted by Gasteiger charge is -2.27. The van der Waals surface area contributed by atoms with Crippen LogP contribution in [0.5, 0.6) is 0 Å². The topological polar surface area (TPSA) is 61.4 Å². The number of amides is 2. The first kappa shape index (κ1) is 12.4. The van der Waals surface area contributed by atoms with Gasteiger partial charge in [0.2, 0.25) is 0 Å². The third-order valence-electron chi connectivity index (χ3n) is 3.28. The van der Waals surface area contributed by atoms with E-state index in [2.05, 4.69) is 10.6 Å². The molecule has 1 aliphatic carbocycles. The van der Waals surface area contributed by atoms with Crippen molar-refractivity contribution in [2.45, 2.75) is 37.8 Å². The highest BCUT2D eigenvalue weighted by Gasteiger charge is 2.34. The minimum atomic E-state index is -0.390. The summed E-state index contributed by atoms with van der Waals surface area (Å²) in [5, 5.41) is 19.1. The van der Waals surface area contributed by atoms with Crippen LogP contribution in [0.15, 0.2) is 16.8 Å². The summed E-state index contributed by atoms with van der Waals surface area (Å²) in [6.45, 7) is 0.565. The fourth-order valence-electron chi connectivity index (χ4n) is 2.24. The van der Waals surface area contributed by atoms with Gasteiger partial charge in [-0.05, 0) is 35.2 Å². The molecule has 2 rings (SSSR count). The Morgan fingerprint density at radius 2 is 2.24 bits per heavy atom. The zero-order chi connectivity index (χ0) is 12.1. The number of aliphatic hydroxyl groups excluding tert-OH is 1. The van der Waals surface area contributed by atoms with Crippen LogP contribution in [0.25, 0.3) is 0 Å². The van der Waals surface area contributed by atoms with Crippen LogP contribution in [0.1, 0.15) is 31.2 Å². The van der Waals surface area contributed by atoms with Crippen LogP contribution in [-0.2, 0) is 6.54 Å². The highest BCUT2D eigenvalue weighted by Crippen LogP contribution is 2.28. The molecule has 0 unspecified atom stereocenters. The minimum absolute atomic E-state index is 0.0267. The van der Waals surface area contributed by atoms with Gasteiger partial charge in [0.1, 0.15) is 0 Å². The van der Waals surface area contributed by atoms with Gasteiger partial charge in [0.25, 0.3) is 0 Å². The number of urea groups is 1. The average Bonchev–Trinajstić information content (AvgIpc) is 2.98. The number of thiophene rings is 1. The van der Waals surface area contributed by atoms with Crippen LogP contribution < -0.4 is 10.6 Å². The molecule has 1 heterocycles. The summed E-state index contributed by atoms with van der Waals surface area (Å²) < 4.78 is 0. The van der Waals surface area contributed by atoms with E-state index in [1.54, 1.807) is 11.3 Å². The van der Waals surface area contributed by atoms with Crippen molar-refractivity contribution in [3.63, 3.8) is 0 Å². The fraction of sp³-hybridized carbons (Fsp3) is 0.583. The molecule has 17 heavy (non-hydrogen) atoms. The normalized spacial score (nSPS) is 17.9. The molecule has 0 aliphatic heterocycles. The van der Waals surface area contributed by atoms with E-state index >= 15 is 0 Å². The Morgan fingerprint density at radius 1 is 1.47 bits per heavy atom. The van der Waals surface area contributed by atoms with Crippen LogP contribution in [-0.4, -0.2) is 23.3 Å². The lowest BCUT2D eigenvalue weighted by Crippen LogP contribution is -2.52. The average molecular weight is 254 g/mol. The Morgan fingerprint density at radius 3 is 2.82 bits per heavy atom. The van der Waals surface area contributed by atoms with Gasteiger partial charge in [-0.15, -0.1) is 0 Å².